The van der Waals surface area contributed by atoms with Crippen LogP contribution in [0.5, 0.6) is 5.75 Å². The minimum Gasteiger partial charge on any atom is -0.486 e. The lowest BCUT2D eigenvalue weighted by molar-refractivity contribution is -0.121. The van der Waals surface area contributed by atoms with E-state index < -0.39 is 0 Å². The van der Waals surface area contributed by atoms with E-state index in [2.05, 4.69) is 0 Å². The second kappa shape index (κ2) is 9.24. The second-order valence-electron chi connectivity index (χ2n) is 5.76. The highest BCUT2D eigenvalue weighted by Gasteiger charge is 2.30. The summed E-state index contributed by atoms with van der Waals surface area (Å²) in [5.41, 5.74) is 1.44. The van der Waals surface area contributed by atoms with Gasteiger partial charge >= 0.3 is 0 Å². The van der Waals surface area contributed by atoms with Crippen LogP contribution in [-0.2, 0) is 11.4 Å². The van der Waals surface area contributed by atoms with E-state index in [-0.39, 0.29) is 12.5 Å². The van der Waals surface area contributed by atoms with E-state index in [1.165, 1.54) is 11.8 Å². The molecule has 1 saturated heterocycles. The first kappa shape index (κ1) is 21.8. The first-order valence-corrected chi connectivity index (χ1v) is 10.8. The molecule has 0 N–H and O–H groups in total. The van der Waals surface area contributed by atoms with Crippen LogP contribution in [0.2, 0.25) is 20.1 Å². The van der Waals surface area contributed by atoms with Gasteiger partial charge < -0.3 is 4.74 Å². The van der Waals surface area contributed by atoms with Crippen molar-refractivity contribution < 1.29 is 9.53 Å². The van der Waals surface area contributed by atoms with E-state index in [4.69, 9.17) is 63.4 Å². The lowest BCUT2D eigenvalue weighted by Gasteiger charge is -2.12. The maximum Gasteiger partial charge on any atom is 0.266 e. The topological polar surface area (TPSA) is 29.5 Å². The quantitative estimate of drug-likeness (QED) is 0.328. The molecule has 2 aromatic carbocycles. The fourth-order valence-corrected chi connectivity index (χ4v) is 4.97. The molecule has 0 unspecified atom stereocenters. The van der Waals surface area contributed by atoms with E-state index in [0.717, 1.165) is 5.56 Å². The summed E-state index contributed by atoms with van der Waals surface area (Å²) < 4.78 is 6.30. The molecule has 0 spiro atoms. The van der Waals surface area contributed by atoms with Gasteiger partial charge in [0.05, 0.1) is 15.0 Å². The van der Waals surface area contributed by atoms with E-state index >= 15 is 0 Å². The molecular formula is C19H13Cl4NO2S2. The number of thioether (sulfide) groups is 1. The Balaban J connectivity index is 1.80. The monoisotopic (exact) mass is 491 g/mol. The molecule has 0 radical (unpaired) electrons. The van der Waals surface area contributed by atoms with Crippen LogP contribution in [0.4, 0.5) is 0 Å². The lowest BCUT2D eigenvalue weighted by Crippen LogP contribution is -2.27. The van der Waals surface area contributed by atoms with Gasteiger partial charge in [0.1, 0.15) is 10.9 Å². The molecule has 1 amide bonds. The number of halogens is 4. The standard InChI is InChI=1S/C19H13Cl4NO2S2/c1-2-24-18(25)16(28-19(24)27)7-10-5-14(22)17(15(23)6-10)26-9-11-3-4-12(20)8-13(11)21/h3-8H,2,9H2,1H3/b16-7-. The summed E-state index contributed by atoms with van der Waals surface area (Å²) in [6, 6.07) is 8.51. The normalized spacial score (nSPS) is 15.6. The molecule has 146 valence electrons. The van der Waals surface area contributed by atoms with Crippen molar-refractivity contribution in [2.45, 2.75) is 13.5 Å². The van der Waals surface area contributed by atoms with Crippen molar-refractivity contribution in [1.82, 2.24) is 4.90 Å². The van der Waals surface area contributed by atoms with E-state index in [0.29, 0.717) is 47.2 Å². The number of carbonyl (C=O) groups excluding carboxylic acids is 1. The summed E-state index contributed by atoms with van der Waals surface area (Å²) in [5, 5.41) is 1.70. The van der Waals surface area contributed by atoms with Crippen LogP contribution in [0.3, 0.4) is 0 Å². The third kappa shape index (κ3) is 4.78. The number of amides is 1. The lowest BCUT2D eigenvalue weighted by atomic mass is 10.2. The van der Waals surface area contributed by atoms with Gasteiger partial charge in [-0.15, -0.1) is 0 Å². The first-order valence-electron chi connectivity index (χ1n) is 8.11. The maximum absolute atomic E-state index is 12.3. The van der Waals surface area contributed by atoms with Gasteiger partial charge in [-0.3, -0.25) is 9.69 Å². The van der Waals surface area contributed by atoms with Crippen LogP contribution in [0.15, 0.2) is 35.2 Å². The van der Waals surface area contributed by atoms with Crippen LogP contribution in [0.25, 0.3) is 6.08 Å². The zero-order chi connectivity index (χ0) is 20.4. The van der Waals surface area contributed by atoms with Crippen molar-refractivity contribution in [2.24, 2.45) is 0 Å². The number of nitrogens with zero attached hydrogens (tertiary/aromatic N) is 1. The molecule has 0 saturated carbocycles. The molecule has 0 atom stereocenters. The van der Waals surface area contributed by atoms with Crippen LogP contribution in [0.1, 0.15) is 18.1 Å². The van der Waals surface area contributed by atoms with Gasteiger partial charge in [-0.25, -0.2) is 0 Å². The predicted octanol–water partition coefficient (Wildman–Crippen LogP) is 7.10. The minimum atomic E-state index is -0.123. The molecule has 0 aromatic heterocycles. The fourth-order valence-electron chi connectivity index (χ4n) is 2.51. The molecule has 2 aromatic rings. The van der Waals surface area contributed by atoms with Crippen LogP contribution in [-0.4, -0.2) is 21.7 Å². The average Bonchev–Trinajstić information content (AvgIpc) is 2.88. The number of rotatable bonds is 5. The number of likely N-dealkylation sites (N-methyl/N-ethyl adjacent to an activating group) is 1. The van der Waals surface area contributed by atoms with Crippen molar-refractivity contribution in [3.8, 4) is 5.75 Å². The van der Waals surface area contributed by atoms with Gasteiger partial charge in [0.15, 0.2) is 5.75 Å². The summed E-state index contributed by atoms with van der Waals surface area (Å²) in [5.74, 6) is 0.218. The Bertz CT molecular complexity index is 971. The molecule has 1 aliphatic heterocycles. The second-order valence-corrected chi connectivity index (χ2v) is 9.10. The first-order chi connectivity index (χ1) is 13.3. The van der Waals surface area contributed by atoms with Crippen molar-refractivity contribution in [3.05, 3.63) is 66.5 Å². The van der Waals surface area contributed by atoms with Gasteiger partial charge in [-0.1, -0.05) is 76.4 Å². The summed E-state index contributed by atoms with van der Waals surface area (Å²) >= 11 is 31.2. The van der Waals surface area contributed by atoms with Crippen molar-refractivity contribution in [1.29, 1.82) is 0 Å². The molecule has 9 heteroatoms. The Kier molecular flexibility index (Phi) is 7.18. The molecule has 1 fully saturated rings. The van der Waals surface area contributed by atoms with Gasteiger partial charge in [0.2, 0.25) is 0 Å². The third-order valence-electron chi connectivity index (χ3n) is 3.90. The van der Waals surface area contributed by atoms with Gasteiger partial charge in [-0.05, 0) is 42.8 Å². The Hall–Kier alpha value is -0.950. The average molecular weight is 493 g/mol. The Morgan fingerprint density at radius 2 is 1.79 bits per heavy atom. The third-order valence-corrected chi connectivity index (χ3v) is 6.42. The van der Waals surface area contributed by atoms with Crippen molar-refractivity contribution in [3.63, 3.8) is 0 Å². The summed E-state index contributed by atoms with van der Waals surface area (Å²) in [6.45, 7) is 2.59. The van der Waals surface area contributed by atoms with E-state index in [1.54, 1.807) is 41.3 Å². The summed E-state index contributed by atoms with van der Waals surface area (Å²) in [7, 11) is 0. The Morgan fingerprint density at radius 3 is 2.36 bits per heavy atom. The molecule has 1 heterocycles. The molecule has 3 nitrogen and oxygen atoms in total. The van der Waals surface area contributed by atoms with Crippen molar-refractivity contribution in [2.75, 3.05) is 6.54 Å². The Morgan fingerprint density at radius 1 is 1.11 bits per heavy atom. The van der Waals surface area contributed by atoms with E-state index in [9.17, 15) is 4.79 Å². The fraction of sp³-hybridized carbons (Fsp3) is 0.158. The highest BCUT2D eigenvalue weighted by atomic mass is 35.5. The molecule has 0 aliphatic carbocycles. The minimum absolute atomic E-state index is 0.123. The molecule has 1 aliphatic rings. The number of thiocarbonyl (C=S) groups is 1. The number of ether oxygens (including phenoxy) is 1. The largest absolute Gasteiger partial charge is 0.486 e. The number of hydrogen-bond donors (Lipinski definition) is 0. The zero-order valence-electron chi connectivity index (χ0n) is 14.5. The van der Waals surface area contributed by atoms with Crippen molar-refractivity contribution >= 4 is 86.7 Å². The number of benzene rings is 2. The maximum atomic E-state index is 12.3. The summed E-state index contributed by atoms with van der Waals surface area (Å²) in [6.07, 6.45) is 1.71. The van der Waals surface area contributed by atoms with Gasteiger partial charge in [-0.2, -0.15) is 0 Å². The smallest absolute Gasteiger partial charge is 0.266 e. The van der Waals surface area contributed by atoms with Crippen LogP contribution in [0, 0.1) is 0 Å². The molecule has 3 rings (SSSR count). The molecule has 0 bridgehead atoms. The zero-order valence-corrected chi connectivity index (χ0v) is 19.1. The highest BCUT2D eigenvalue weighted by molar-refractivity contribution is 8.26. The SMILES string of the molecule is CCN1C(=O)/C(=C/c2cc(Cl)c(OCc3ccc(Cl)cc3Cl)c(Cl)c2)SC1=S. The molecular weight excluding hydrogens is 480 g/mol. The van der Waals surface area contributed by atoms with Crippen LogP contribution >= 0.6 is 70.4 Å². The number of hydrogen-bond acceptors (Lipinski definition) is 4. The van der Waals surface area contributed by atoms with Crippen LogP contribution < -0.4 is 4.74 Å². The predicted molar refractivity (Wildman–Crippen MR) is 123 cm³/mol. The Labute approximate surface area is 192 Å². The molecule has 28 heavy (non-hydrogen) atoms. The summed E-state index contributed by atoms with van der Waals surface area (Å²) in [4.78, 5) is 14.4. The van der Waals surface area contributed by atoms with Gasteiger partial charge in [0, 0.05) is 22.2 Å². The highest BCUT2D eigenvalue weighted by Crippen LogP contribution is 2.38. The number of carbonyl (C=O) groups is 1. The van der Waals surface area contributed by atoms with Gasteiger partial charge in [0.25, 0.3) is 5.91 Å². The van der Waals surface area contributed by atoms with E-state index in [1.807, 2.05) is 6.92 Å².